The highest BCUT2D eigenvalue weighted by atomic mass is 16.6. The molecule has 18 heavy (non-hydrogen) atoms. The highest BCUT2D eigenvalue weighted by Crippen LogP contribution is 2.20. The Bertz CT molecular complexity index is 483. The van der Waals surface area contributed by atoms with Crippen LogP contribution in [0.25, 0.3) is 0 Å². The molecule has 1 amide bonds. The summed E-state index contributed by atoms with van der Waals surface area (Å²) in [4.78, 5) is 25.6. The molecular weight excluding hydrogens is 236 g/mol. The number of nitrogens with two attached hydrogens (primary N) is 1. The van der Waals surface area contributed by atoms with E-state index in [1.165, 1.54) is 0 Å². The lowest BCUT2D eigenvalue weighted by Gasteiger charge is -2.12. The number of anilines is 1. The summed E-state index contributed by atoms with van der Waals surface area (Å²) in [6.45, 7) is 0. The van der Waals surface area contributed by atoms with E-state index in [0.717, 1.165) is 37.9 Å². The van der Waals surface area contributed by atoms with Crippen molar-refractivity contribution in [1.29, 1.82) is 0 Å². The van der Waals surface area contributed by atoms with Crippen molar-refractivity contribution in [2.75, 3.05) is 5.73 Å². The molecule has 7 heteroatoms. The van der Waals surface area contributed by atoms with E-state index in [9.17, 15) is 14.9 Å². The molecule has 1 aliphatic rings. The molecule has 3 N–H and O–H groups in total. The van der Waals surface area contributed by atoms with Gasteiger partial charge in [-0.05, 0) is 12.8 Å². The summed E-state index contributed by atoms with van der Waals surface area (Å²) < 4.78 is 0. The zero-order valence-electron chi connectivity index (χ0n) is 9.76. The van der Waals surface area contributed by atoms with Crippen molar-refractivity contribution >= 4 is 17.4 Å². The number of carbonyl (C=O) groups excluding carboxylic acids is 1. The molecule has 0 atom stereocenters. The summed E-state index contributed by atoms with van der Waals surface area (Å²) in [7, 11) is 0. The predicted molar refractivity (Wildman–Crippen MR) is 65.0 cm³/mol. The number of nitro groups is 1. The molecule has 0 bridgehead atoms. The fourth-order valence-corrected chi connectivity index (χ4v) is 2.08. The van der Waals surface area contributed by atoms with Gasteiger partial charge in [-0.1, -0.05) is 12.8 Å². The van der Waals surface area contributed by atoms with Crippen LogP contribution in [0.1, 0.15) is 36.0 Å². The second-order valence-electron chi connectivity index (χ2n) is 4.34. The van der Waals surface area contributed by atoms with Crippen LogP contribution in [0.3, 0.4) is 0 Å². The van der Waals surface area contributed by atoms with Crippen molar-refractivity contribution in [3.63, 3.8) is 0 Å². The van der Waals surface area contributed by atoms with Crippen LogP contribution in [0.2, 0.25) is 0 Å². The van der Waals surface area contributed by atoms with Crippen LogP contribution in [-0.4, -0.2) is 21.9 Å². The molecule has 1 aromatic rings. The minimum absolute atomic E-state index is 0.0103. The second-order valence-corrected chi connectivity index (χ2v) is 4.34. The predicted octanol–water partition coefficient (Wildman–Crippen LogP) is 1.24. The van der Waals surface area contributed by atoms with Gasteiger partial charge in [0.25, 0.3) is 11.6 Å². The topological polar surface area (TPSA) is 111 Å². The number of pyridine rings is 1. The summed E-state index contributed by atoms with van der Waals surface area (Å²) in [5, 5.41) is 13.4. The van der Waals surface area contributed by atoms with E-state index in [-0.39, 0.29) is 23.1 Å². The highest BCUT2D eigenvalue weighted by molar-refractivity contribution is 5.99. The normalized spacial score (nSPS) is 15.6. The van der Waals surface area contributed by atoms with Gasteiger partial charge in [0.15, 0.2) is 0 Å². The van der Waals surface area contributed by atoms with Crippen LogP contribution in [0.5, 0.6) is 0 Å². The molecule has 1 saturated carbocycles. The summed E-state index contributed by atoms with van der Waals surface area (Å²) in [5.41, 5.74) is 5.40. The lowest BCUT2D eigenvalue weighted by Crippen LogP contribution is -2.33. The summed E-state index contributed by atoms with van der Waals surface area (Å²) in [6, 6.07) is 1.29. The van der Waals surface area contributed by atoms with Crippen molar-refractivity contribution in [2.45, 2.75) is 31.7 Å². The van der Waals surface area contributed by atoms with Crippen LogP contribution in [-0.2, 0) is 0 Å². The number of nitrogen functional groups attached to an aromatic ring is 1. The quantitative estimate of drug-likeness (QED) is 0.619. The average Bonchev–Trinajstić information content (AvgIpc) is 2.81. The van der Waals surface area contributed by atoms with Gasteiger partial charge in [0.1, 0.15) is 12.0 Å². The van der Waals surface area contributed by atoms with Crippen LogP contribution >= 0.6 is 0 Å². The minimum atomic E-state index is -0.598. The Morgan fingerprint density at radius 1 is 1.50 bits per heavy atom. The first-order chi connectivity index (χ1) is 8.58. The number of nitrogens with one attached hydrogen (secondary N) is 1. The van der Waals surface area contributed by atoms with E-state index >= 15 is 0 Å². The monoisotopic (exact) mass is 250 g/mol. The third kappa shape index (κ3) is 2.55. The summed E-state index contributed by atoms with van der Waals surface area (Å²) in [6.07, 6.45) is 5.10. The fraction of sp³-hybridized carbons (Fsp3) is 0.455. The highest BCUT2D eigenvalue weighted by Gasteiger charge is 2.21. The van der Waals surface area contributed by atoms with Gasteiger partial charge in [-0.15, -0.1) is 0 Å². The summed E-state index contributed by atoms with van der Waals surface area (Å²) in [5.74, 6) is -0.383. The Labute approximate surface area is 104 Å². The molecule has 0 aromatic carbocycles. The molecule has 0 radical (unpaired) electrons. The first-order valence-electron chi connectivity index (χ1n) is 5.78. The third-order valence-corrected chi connectivity index (χ3v) is 3.05. The first kappa shape index (κ1) is 12.3. The van der Waals surface area contributed by atoms with Gasteiger partial charge in [0.2, 0.25) is 0 Å². The second kappa shape index (κ2) is 4.99. The van der Waals surface area contributed by atoms with Gasteiger partial charge in [0, 0.05) is 12.1 Å². The van der Waals surface area contributed by atoms with Gasteiger partial charge in [-0.2, -0.15) is 0 Å². The number of hydrogen-bond donors (Lipinski definition) is 2. The van der Waals surface area contributed by atoms with Gasteiger partial charge in [0.05, 0.1) is 10.5 Å². The van der Waals surface area contributed by atoms with Gasteiger partial charge in [-0.3, -0.25) is 14.9 Å². The smallest absolute Gasteiger partial charge is 0.288 e. The van der Waals surface area contributed by atoms with Gasteiger partial charge < -0.3 is 11.1 Å². The van der Waals surface area contributed by atoms with Crippen LogP contribution in [0.4, 0.5) is 11.5 Å². The Kier molecular flexibility index (Phi) is 3.40. The van der Waals surface area contributed by atoms with E-state index in [2.05, 4.69) is 10.3 Å². The zero-order chi connectivity index (χ0) is 13.1. The van der Waals surface area contributed by atoms with Crippen molar-refractivity contribution in [1.82, 2.24) is 10.3 Å². The van der Waals surface area contributed by atoms with E-state index in [4.69, 9.17) is 5.73 Å². The number of aromatic nitrogens is 1. The largest absolute Gasteiger partial charge is 0.383 e. The standard InChI is InChI=1S/C11H14N4O3/c12-10-9(5-8(6-13-10)15(17)18)11(16)14-7-3-1-2-4-7/h5-7H,1-4H2,(H2,12,13)(H,14,16). The lowest BCUT2D eigenvalue weighted by molar-refractivity contribution is -0.385. The molecule has 1 heterocycles. The number of rotatable bonds is 3. The molecule has 0 unspecified atom stereocenters. The molecule has 7 nitrogen and oxygen atoms in total. The Hall–Kier alpha value is -2.18. The molecule has 1 fully saturated rings. The van der Waals surface area contributed by atoms with Crippen molar-refractivity contribution in [2.24, 2.45) is 0 Å². The maximum absolute atomic E-state index is 11.9. The zero-order valence-corrected chi connectivity index (χ0v) is 9.76. The fourth-order valence-electron chi connectivity index (χ4n) is 2.08. The molecule has 96 valence electrons. The Morgan fingerprint density at radius 2 is 2.17 bits per heavy atom. The third-order valence-electron chi connectivity index (χ3n) is 3.05. The minimum Gasteiger partial charge on any atom is -0.383 e. The molecule has 0 saturated heterocycles. The maximum Gasteiger partial charge on any atom is 0.288 e. The Balaban J connectivity index is 2.17. The number of carbonyl (C=O) groups is 1. The van der Waals surface area contributed by atoms with E-state index < -0.39 is 10.8 Å². The van der Waals surface area contributed by atoms with E-state index in [1.807, 2.05) is 0 Å². The average molecular weight is 250 g/mol. The van der Waals surface area contributed by atoms with Crippen molar-refractivity contribution < 1.29 is 9.72 Å². The maximum atomic E-state index is 11.9. The number of hydrogen-bond acceptors (Lipinski definition) is 5. The molecule has 1 aromatic heterocycles. The number of amides is 1. The summed E-state index contributed by atoms with van der Waals surface area (Å²) >= 11 is 0. The van der Waals surface area contributed by atoms with Crippen LogP contribution in [0, 0.1) is 10.1 Å². The lowest BCUT2D eigenvalue weighted by atomic mass is 10.2. The first-order valence-corrected chi connectivity index (χ1v) is 5.78. The number of nitrogens with zero attached hydrogens (tertiary/aromatic N) is 2. The van der Waals surface area contributed by atoms with E-state index in [0.29, 0.717) is 0 Å². The van der Waals surface area contributed by atoms with Crippen molar-refractivity contribution in [3.05, 3.63) is 27.9 Å². The van der Waals surface area contributed by atoms with Crippen LogP contribution in [0.15, 0.2) is 12.3 Å². The Morgan fingerprint density at radius 3 is 2.78 bits per heavy atom. The molecule has 2 rings (SSSR count). The van der Waals surface area contributed by atoms with E-state index in [1.54, 1.807) is 0 Å². The van der Waals surface area contributed by atoms with Gasteiger partial charge >= 0.3 is 0 Å². The molecular formula is C11H14N4O3. The molecule has 0 aliphatic heterocycles. The molecule has 0 spiro atoms. The van der Waals surface area contributed by atoms with Gasteiger partial charge in [-0.25, -0.2) is 4.98 Å². The van der Waals surface area contributed by atoms with Crippen molar-refractivity contribution in [3.8, 4) is 0 Å². The SMILES string of the molecule is Nc1ncc([N+](=O)[O-])cc1C(=O)NC1CCCC1. The molecule has 1 aliphatic carbocycles. The van der Waals surface area contributed by atoms with Crippen LogP contribution < -0.4 is 11.1 Å².